The summed E-state index contributed by atoms with van der Waals surface area (Å²) in [6.45, 7) is 4.75. The highest BCUT2D eigenvalue weighted by molar-refractivity contribution is 5.43. The quantitative estimate of drug-likeness (QED) is 0.877. The van der Waals surface area contributed by atoms with Gasteiger partial charge in [0.1, 0.15) is 5.75 Å². The van der Waals surface area contributed by atoms with Crippen molar-refractivity contribution in [1.82, 2.24) is 5.32 Å². The molecule has 0 amide bonds. The fourth-order valence-corrected chi connectivity index (χ4v) is 2.12. The highest BCUT2D eigenvalue weighted by Crippen LogP contribution is 2.31. The SMILES string of the molecule is CCOc1ccc(C)cc1C(NC)c1ccoc1. The minimum absolute atomic E-state index is 0.0881. The first-order valence-electron chi connectivity index (χ1n) is 6.19. The highest BCUT2D eigenvalue weighted by atomic mass is 16.5. The van der Waals surface area contributed by atoms with Crippen LogP contribution < -0.4 is 10.1 Å². The molecule has 0 fully saturated rings. The monoisotopic (exact) mass is 245 g/mol. The van der Waals surface area contributed by atoms with Crippen molar-refractivity contribution >= 4 is 0 Å². The second kappa shape index (κ2) is 5.74. The third kappa shape index (κ3) is 2.57. The Morgan fingerprint density at radius 1 is 1.33 bits per heavy atom. The van der Waals surface area contributed by atoms with E-state index in [2.05, 4.69) is 24.4 Å². The van der Waals surface area contributed by atoms with Gasteiger partial charge in [-0.2, -0.15) is 0 Å². The molecule has 0 saturated carbocycles. The standard InChI is InChI=1S/C15H19NO2/c1-4-18-14-6-5-11(2)9-13(14)15(16-3)12-7-8-17-10-12/h5-10,15-16H,4H2,1-3H3. The Balaban J connectivity index is 2.43. The maximum atomic E-state index is 5.70. The second-order valence-corrected chi connectivity index (χ2v) is 4.25. The van der Waals surface area contributed by atoms with Crippen LogP contribution in [-0.4, -0.2) is 13.7 Å². The molecule has 1 unspecified atom stereocenters. The van der Waals surface area contributed by atoms with Crippen LogP contribution in [0.2, 0.25) is 0 Å². The molecular formula is C15H19NO2. The van der Waals surface area contributed by atoms with E-state index in [9.17, 15) is 0 Å². The van der Waals surface area contributed by atoms with E-state index in [1.54, 1.807) is 12.5 Å². The average Bonchev–Trinajstić information content (AvgIpc) is 2.87. The van der Waals surface area contributed by atoms with Gasteiger partial charge in [-0.05, 0) is 33.0 Å². The maximum Gasteiger partial charge on any atom is 0.124 e. The van der Waals surface area contributed by atoms with Crippen molar-refractivity contribution in [3.63, 3.8) is 0 Å². The number of ether oxygens (including phenoxy) is 1. The van der Waals surface area contributed by atoms with Crippen molar-refractivity contribution in [3.8, 4) is 5.75 Å². The molecule has 1 N–H and O–H groups in total. The van der Waals surface area contributed by atoms with Crippen LogP contribution in [0.25, 0.3) is 0 Å². The summed E-state index contributed by atoms with van der Waals surface area (Å²) < 4.78 is 10.9. The number of nitrogens with one attached hydrogen (secondary N) is 1. The molecule has 1 aromatic heterocycles. The van der Waals surface area contributed by atoms with Crippen molar-refractivity contribution < 1.29 is 9.15 Å². The topological polar surface area (TPSA) is 34.4 Å². The molecule has 1 atom stereocenters. The maximum absolute atomic E-state index is 5.70. The predicted octanol–water partition coefficient (Wildman–Crippen LogP) is 3.30. The van der Waals surface area contributed by atoms with Crippen molar-refractivity contribution in [1.29, 1.82) is 0 Å². The lowest BCUT2D eigenvalue weighted by Crippen LogP contribution is -2.18. The molecule has 3 heteroatoms. The number of aryl methyl sites for hydroxylation is 1. The zero-order chi connectivity index (χ0) is 13.0. The largest absolute Gasteiger partial charge is 0.494 e. The van der Waals surface area contributed by atoms with E-state index in [-0.39, 0.29) is 6.04 Å². The normalized spacial score (nSPS) is 12.4. The van der Waals surface area contributed by atoms with Crippen LogP contribution in [0, 0.1) is 6.92 Å². The minimum atomic E-state index is 0.0881. The van der Waals surface area contributed by atoms with Gasteiger partial charge in [-0.1, -0.05) is 17.7 Å². The lowest BCUT2D eigenvalue weighted by Gasteiger charge is -2.19. The van der Waals surface area contributed by atoms with Gasteiger partial charge >= 0.3 is 0 Å². The van der Waals surface area contributed by atoms with E-state index in [0.717, 1.165) is 16.9 Å². The van der Waals surface area contributed by atoms with Crippen LogP contribution in [0.15, 0.2) is 41.2 Å². The number of benzene rings is 1. The molecule has 0 aliphatic rings. The summed E-state index contributed by atoms with van der Waals surface area (Å²) >= 11 is 0. The van der Waals surface area contributed by atoms with Crippen molar-refractivity contribution in [2.45, 2.75) is 19.9 Å². The molecule has 1 heterocycles. The molecule has 0 bridgehead atoms. The van der Waals surface area contributed by atoms with Crippen LogP contribution in [-0.2, 0) is 0 Å². The first kappa shape index (κ1) is 12.7. The Labute approximate surface area is 108 Å². The molecular weight excluding hydrogens is 226 g/mol. The lowest BCUT2D eigenvalue weighted by atomic mass is 9.98. The van der Waals surface area contributed by atoms with Crippen LogP contribution in [0.1, 0.15) is 29.7 Å². The summed E-state index contributed by atoms with van der Waals surface area (Å²) in [7, 11) is 1.94. The minimum Gasteiger partial charge on any atom is -0.494 e. The zero-order valence-corrected chi connectivity index (χ0v) is 11.1. The summed E-state index contributed by atoms with van der Waals surface area (Å²) in [6, 6.07) is 8.30. The molecule has 2 rings (SSSR count). The van der Waals surface area contributed by atoms with E-state index in [1.807, 2.05) is 26.1 Å². The molecule has 18 heavy (non-hydrogen) atoms. The zero-order valence-electron chi connectivity index (χ0n) is 11.1. The molecule has 3 nitrogen and oxygen atoms in total. The summed E-state index contributed by atoms with van der Waals surface area (Å²) in [5, 5.41) is 3.31. The third-order valence-corrected chi connectivity index (χ3v) is 2.94. The third-order valence-electron chi connectivity index (χ3n) is 2.94. The Kier molecular flexibility index (Phi) is 4.05. The highest BCUT2D eigenvalue weighted by Gasteiger charge is 2.17. The summed E-state index contributed by atoms with van der Waals surface area (Å²) in [6.07, 6.45) is 3.45. The molecule has 0 radical (unpaired) electrons. The van der Waals surface area contributed by atoms with E-state index in [4.69, 9.17) is 9.15 Å². The van der Waals surface area contributed by atoms with Gasteiger partial charge < -0.3 is 14.5 Å². The van der Waals surface area contributed by atoms with Crippen LogP contribution >= 0.6 is 0 Å². The van der Waals surface area contributed by atoms with Gasteiger partial charge in [-0.25, -0.2) is 0 Å². The lowest BCUT2D eigenvalue weighted by molar-refractivity contribution is 0.334. The number of hydrogen-bond donors (Lipinski definition) is 1. The molecule has 0 saturated heterocycles. The molecule has 0 spiro atoms. The fourth-order valence-electron chi connectivity index (χ4n) is 2.12. The smallest absolute Gasteiger partial charge is 0.124 e. The van der Waals surface area contributed by atoms with E-state index < -0.39 is 0 Å². The Bertz CT molecular complexity index is 491. The summed E-state index contributed by atoms with van der Waals surface area (Å²) in [5.74, 6) is 0.920. The Morgan fingerprint density at radius 2 is 2.17 bits per heavy atom. The summed E-state index contributed by atoms with van der Waals surface area (Å²) in [5.41, 5.74) is 3.46. The predicted molar refractivity (Wildman–Crippen MR) is 72.0 cm³/mol. The van der Waals surface area contributed by atoms with Crippen LogP contribution in [0.5, 0.6) is 5.75 Å². The molecule has 2 aromatic rings. The molecule has 96 valence electrons. The fraction of sp³-hybridized carbons (Fsp3) is 0.333. The van der Waals surface area contributed by atoms with Gasteiger partial charge in [0.25, 0.3) is 0 Å². The van der Waals surface area contributed by atoms with Crippen molar-refractivity contribution in [2.75, 3.05) is 13.7 Å². The van der Waals surface area contributed by atoms with Crippen LogP contribution in [0.3, 0.4) is 0 Å². The number of furan rings is 1. The first-order valence-corrected chi connectivity index (χ1v) is 6.19. The van der Waals surface area contributed by atoms with Gasteiger partial charge in [0.2, 0.25) is 0 Å². The summed E-state index contributed by atoms with van der Waals surface area (Å²) in [4.78, 5) is 0. The van der Waals surface area contributed by atoms with Gasteiger partial charge in [-0.3, -0.25) is 0 Å². The molecule has 1 aromatic carbocycles. The van der Waals surface area contributed by atoms with Gasteiger partial charge in [-0.15, -0.1) is 0 Å². The van der Waals surface area contributed by atoms with E-state index in [0.29, 0.717) is 6.61 Å². The second-order valence-electron chi connectivity index (χ2n) is 4.25. The molecule has 0 aliphatic heterocycles. The molecule has 0 aliphatic carbocycles. The van der Waals surface area contributed by atoms with Gasteiger partial charge in [0.05, 0.1) is 25.2 Å². The van der Waals surface area contributed by atoms with Gasteiger partial charge in [0, 0.05) is 11.1 Å². The van der Waals surface area contributed by atoms with Crippen LogP contribution in [0.4, 0.5) is 0 Å². The van der Waals surface area contributed by atoms with Crippen molar-refractivity contribution in [3.05, 3.63) is 53.5 Å². The number of hydrogen-bond acceptors (Lipinski definition) is 3. The Morgan fingerprint density at radius 3 is 2.78 bits per heavy atom. The first-order chi connectivity index (χ1) is 8.76. The van der Waals surface area contributed by atoms with E-state index in [1.165, 1.54) is 5.56 Å². The van der Waals surface area contributed by atoms with Gasteiger partial charge in [0.15, 0.2) is 0 Å². The average molecular weight is 245 g/mol. The Hall–Kier alpha value is -1.74. The van der Waals surface area contributed by atoms with E-state index >= 15 is 0 Å². The number of rotatable bonds is 5. The van der Waals surface area contributed by atoms with Crippen molar-refractivity contribution in [2.24, 2.45) is 0 Å².